The van der Waals surface area contributed by atoms with Gasteiger partial charge in [0.15, 0.2) is 10.8 Å². The third-order valence-electron chi connectivity index (χ3n) is 3.03. The van der Waals surface area contributed by atoms with E-state index in [0.717, 1.165) is 28.6 Å². The first-order chi connectivity index (χ1) is 9.51. The molecule has 7 heteroatoms. The molecule has 0 saturated heterocycles. The van der Waals surface area contributed by atoms with Crippen molar-refractivity contribution in [2.75, 3.05) is 5.75 Å². The van der Waals surface area contributed by atoms with E-state index in [0.29, 0.717) is 11.1 Å². The highest BCUT2D eigenvalue weighted by molar-refractivity contribution is 9.10. The van der Waals surface area contributed by atoms with Gasteiger partial charge in [-0.05, 0) is 27.9 Å². The van der Waals surface area contributed by atoms with Crippen LogP contribution in [0.25, 0.3) is 11.2 Å². The van der Waals surface area contributed by atoms with Crippen LogP contribution in [0.4, 0.5) is 0 Å². The van der Waals surface area contributed by atoms with E-state index in [-0.39, 0.29) is 5.75 Å². The number of hydrogen-bond acceptors (Lipinski definition) is 4. The van der Waals surface area contributed by atoms with Crippen molar-refractivity contribution in [2.24, 2.45) is 5.92 Å². The van der Waals surface area contributed by atoms with Gasteiger partial charge in [-0.3, -0.25) is 4.79 Å². The molecule has 0 fully saturated rings. The number of hydrogen-bond donors (Lipinski definition) is 1. The SMILES string of the molecule is CCC(C)Cn1c(SCC(=O)O)nc2cc(Br)cnc21. The standard InChI is InChI=1S/C13H16BrN3O2S/c1-3-8(2)6-17-12-10(4-9(14)5-15-12)16-13(17)20-7-11(18)19/h4-5,8H,3,6-7H2,1-2H3,(H,18,19). The minimum absolute atomic E-state index is 0.00496. The highest BCUT2D eigenvalue weighted by Crippen LogP contribution is 2.26. The Kier molecular flexibility index (Phi) is 5.04. The molecule has 0 radical (unpaired) electrons. The molecule has 1 unspecified atom stereocenters. The molecular formula is C13H16BrN3O2S. The van der Waals surface area contributed by atoms with Crippen LogP contribution in [0, 0.1) is 5.92 Å². The molecule has 0 spiro atoms. The van der Waals surface area contributed by atoms with Crippen LogP contribution in [0.5, 0.6) is 0 Å². The summed E-state index contributed by atoms with van der Waals surface area (Å²) in [5.41, 5.74) is 1.59. The monoisotopic (exact) mass is 357 g/mol. The molecule has 0 saturated carbocycles. The number of carboxylic acids is 1. The van der Waals surface area contributed by atoms with Crippen molar-refractivity contribution >= 4 is 44.8 Å². The summed E-state index contributed by atoms with van der Waals surface area (Å²) in [6.07, 6.45) is 2.79. The van der Waals surface area contributed by atoms with E-state index >= 15 is 0 Å². The predicted octanol–water partition coefficient (Wildman–Crippen LogP) is 3.42. The number of carboxylic acid groups (broad SMARTS) is 1. The number of halogens is 1. The van der Waals surface area contributed by atoms with Crippen LogP contribution in [0.15, 0.2) is 21.9 Å². The maximum absolute atomic E-state index is 10.8. The molecular weight excluding hydrogens is 342 g/mol. The lowest BCUT2D eigenvalue weighted by Crippen LogP contribution is -2.09. The molecule has 20 heavy (non-hydrogen) atoms. The molecule has 2 aromatic rings. The Labute approximate surface area is 129 Å². The normalized spacial score (nSPS) is 12.8. The first-order valence-electron chi connectivity index (χ1n) is 6.37. The highest BCUT2D eigenvalue weighted by atomic mass is 79.9. The summed E-state index contributed by atoms with van der Waals surface area (Å²) in [5, 5.41) is 9.55. The maximum Gasteiger partial charge on any atom is 0.313 e. The van der Waals surface area contributed by atoms with Crippen LogP contribution < -0.4 is 0 Å². The second-order valence-electron chi connectivity index (χ2n) is 4.70. The lowest BCUT2D eigenvalue weighted by atomic mass is 10.1. The quantitative estimate of drug-likeness (QED) is 0.802. The number of aliphatic carboxylic acids is 1. The fourth-order valence-electron chi connectivity index (χ4n) is 1.81. The molecule has 5 nitrogen and oxygen atoms in total. The smallest absolute Gasteiger partial charge is 0.313 e. The van der Waals surface area contributed by atoms with Crippen LogP contribution in [0.2, 0.25) is 0 Å². The lowest BCUT2D eigenvalue weighted by molar-refractivity contribution is -0.133. The molecule has 0 amide bonds. The van der Waals surface area contributed by atoms with Crippen LogP contribution >= 0.6 is 27.7 Å². The van der Waals surface area contributed by atoms with Crippen molar-refractivity contribution in [3.05, 3.63) is 16.7 Å². The topological polar surface area (TPSA) is 68.0 Å². The zero-order valence-corrected chi connectivity index (χ0v) is 13.7. The fraction of sp³-hybridized carbons (Fsp3) is 0.462. The van der Waals surface area contributed by atoms with Gasteiger partial charge in [0.25, 0.3) is 0 Å². The summed E-state index contributed by atoms with van der Waals surface area (Å²) in [4.78, 5) is 19.7. The Hall–Kier alpha value is -1.08. The summed E-state index contributed by atoms with van der Waals surface area (Å²) in [6.45, 7) is 5.10. The molecule has 0 bridgehead atoms. The van der Waals surface area contributed by atoms with Crippen molar-refractivity contribution in [2.45, 2.75) is 32.0 Å². The Morgan fingerprint density at radius 1 is 1.60 bits per heavy atom. The van der Waals surface area contributed by atoms with E-state index in [2.05, 4.69) is 39.7 Å². The average Bonchev–Trinajstić information content (AvgIpc) is 2.73. The molecule has 1 atom stereocenters. The summed E-state index contributed by atoms with van der Waals surface area (Å²) in [7, 11) is 0. The average molecular weight is 358 g/mol. The molecule has 2 aromatic heterocycles. The summed E-state index contributed by atoms with van der Waals surface area (Å²) in [6, 6.07) is 1.90. The van der Waals surface area contributed by atoms with Crippen molar-refractivity contribution in [1.82, 2.24) is 14.5 Å². The molecule has 0 aliphatic heterocycles. The number of fused-ring (bicyclic) bond motifs is 1. The van der Waals surface area contributed by atoms with E-state index in [9.17, 15) is 4.79 Å². The number of pyridine rings is 1. The van der Waals surface area contributed by atoms with Crippen LogP contribution in [0.3, 0.4) is 0 Å². The molecule has 1 N–H and O–H groups in total. The second kappa shape index (κ2) is 6.58. The Balaban J connectivity index is 2.41. The summed E-state index contributed by atoms with van der Waals surface area (Å²) >= 11 is 4.62. The predicted molar refractivity (Wildman–Crippen MR) is 83.0 cm³/mol. The summed E-state index contributed by atoms with van der Waals surface area (Å²) in [5.74, 6) is -0.348. The first-order valence-corrected chi connectivity index (χ1v) is 8.15. The van der Waals surface area contributed by atoms with Crippen molar-refractivity contribution in [3.63, 3.8) is 0 Å². The molecule has 108 valence electrons. The minimum Gasteiger partial charge on any atom is -0.481 e. The van der Waals surface area contributed by atoms with Crippen LogP contribution in [-0.2, 0) is 11.3 Å². The van der Waals surface area contributed by atoms with E-state index in [1.54, 1.807) is 6.20 Å². The van der Waals surface area contributed by atoms with Gasteiger partial charge in [0.2, 0.25) is 0 Å². The molecule has 2 rings (SSSR count). The minimum atomic E-state index is -0.841. The summed E-state index contributed by atoms with van der Waals surface area (Å²) < 4.78 is 2.89. The van der Waals surface area contributed by atoms with Gasteiger partial charge in [-0.25, -0.2) is 9.97 Å². The maximum atomic E-state index is 10.8. The van der Waals surface area contributed by atoms with E-state index in [4.69, 9.17) is 5.11 Å². The third-order valence-corrected chi connectivity index (χ3v) is 4.43. The zero-order chi connectivity index (χ0) is 14.7. The molecule has 0 aromatic carbocycles. The third kappa shape index (κ3) is 3.52. The van der Waals surface area contributed by atoms with Gasteiger partial charge in [0.05, 0.1) is 5.75 Å². The van der Waals surface area contributed by atoms with Gasteiger partial charge in [-0.2, -0.15) is 0 Å². The zero-order valence-electron chi connectivity index (χ0n) is 11.3. The van der Waals surface area contributed by atoms with Crippen molar-refractivity contribution in [3.8, 4) is 0 Å². The van der Waals surface area contributed by atoms with Gasteiger partial charge in [-0.1, -0.05) is 32.0 Å². The number of rotatable bonds is 6. The van der Waals surface area contributed by atoms with Gasteiger partial charge < -0.3 is 9.67 Å². The molecule has 2 heterocycles. The Bertz CT molecular complexity index is 629. The number of aromatic nitrogens is 3. The van der Waals surface area contributed by atoms with Crippen molar-refractivity contribution in [1.29, 1.82) is 0 Å². The lowest BCUT2D eigenvalue weighted by Gasteiger charge is -2.12. The fourth-order valence-corrected chi connectivity index (χ4v) is 2.86. The van der Waals surface area contributed by atoms with Gasteiger partial charge in [0.1, 0.15) is 5.52 Å². The Morgan fingerprint density at radius 2 is 2.35 bits per heavy atom. The number of carbonyl (C=O) groups is 1. The largest absolute Gasteiger partial charge is 0.481 e. The Morgan fingerprint density at radius 3 is 3.00 bits per heavy atom. The van der Waals surface area contributed by atoms with Gasteiger partial charge in [0, 0.05) is 17.2 Å². The van der Waals surface area contributed by atoms with E-state index in [1.165, 1.54) is 11.8 Å². The van der Waals surface area contributed by atoms with E-state index in [1.807, 2.05) is 10.6 Å². The number of nitrogens with zero attached hydrogens (tertiary/aromatic N) is 3. The molecule has 0 aliphatic carbocycles. The van der Waals surface area contributed by atoms with Crippen LogP contribution in [0.1, 0.15) is 20.3 Å². The number of thioether (sulfide) groups is 1. The first kappa shape index (κ1) is 15.3. The van der Waals surface area contributed by atoms with Crippen LogP contribution in [-0.4, -0.2) is 31.4 Å². The van der Waals surface area contributed by atoms with Crippen molar-refractivity contribution < 1.29 is 9.90 Å². The van der Waals surface area contributed by atoms with E-state index < -0.39 is 5.97 Å². The number of imidazole rings is 1. The van der Waals surface area contributed by atoms with Gasteiger partial charge in [-0.15, -0.1) is 0 Å². The second-order valence-corrected chi connectivity index (χ2v) is 6.56. The van der Waals surface area contributed by atoms with Gasteiger partial charge >= 0.3 is 5.97 Å². The molecule has 0 aliphatic rings. The highest BCUT2D eigenvalue weighted by Gasteiger charge is 2.15.